The van der Waals surface area contributed by atoms with Gasteiger partial charge in [0.05, 0.1) is 5.69 Å². The second-order valence-corrected chi connectivity index (χ2v) is 5.94. The van der Waals surface area contributed by atoms with E-state index >= 15 is 0 Å². The van der Waals surface area contributed by atoms with Crippen LogP contribution in [0, 0.1) is 5.92 Å². The van der Waals surface area contributed by atoms with Crippen molar-refractivity contribution in [2.45, 2.75) is 38.6 Å². The average molecular weight is 337 g/mol. The number of carboxylic acid groups (broad SMARTS) is 2. The molecule has 0 unspecified atom stereocenters. The predicted octanol–water partition coefficient (Wildman–Crippen LogP) is 1.17. The Morgan fingerprint density at radius 1 is 1.33 bits per heavy atom. The molecule has 1 aliphatic carbocycles. The summed E-state index contributed by atoms with van der Waals surface area (Å²) in [4.78, 5) is 26.0. The van der Waals surface area contributed by atoms with E-state index in [2.05, 4.69) is 16.8 Å². The zero-order valence-corrected chi connectivity index (χ0v) is 13.6. The number of oxazole rings is 1. The van der Waals surface area contributed by atoms with E-state index in [0.717, 1.165) is 36.8 Å². The molecule has 1 aromatic rings. The molecule has 2 aliphatic rings. The molecular formula is C16H23N3O5. The first kappa shape index (κ1) is 18.0. The summed E-state index contributed by atoms with van der Waals surface area (Å²) in [5, 5.41) is 15.6. The lowest BCUT2D eigenvalue weighted by Crippen LogP contribution is -2.48. The molecule has 132 valence electrons. The minimum atomic E-state index is -1.26. The molecule has 8 nitrogen and oxygen atoms in total. The molecule has 0 aromatic carbocycles. The van der Waals surface area contributed by atoms with Gasteiger partial charge in [0.25, 0.3) is 6.01 Å². The zero-order valence-electron chi connectivity index (χ0n) is 13.6. The summed E-state index contributed by atoms with van der Waals surface area (Å²) in [6, 6.07) is 0.991. The quantitative estimate of drug-likeness (QED) is 0.701. The maximum absolute atomic E-state index is 9.55. The number of nitrogens with zero attached hydrogens (tertiary/aromatic N) is 2. The number of hydrogen-bond acceptors (Lipinski definition) is 6. The minimum absolute atomic E-state index is 0.340. The summed E-state index contributed by atoms with van der Waals surface area (Å²) in [5.41, 5.74) is 6.73. The highest BCUT2D eigenvalue weighted by Gasteiger charge is 2.37. The van der Waals surface area contributed by atoms with Crippen LogP contribution in [0.4, 0.5) is 6.01 Å². The third kappa shape index (κ3) is 4.58. The smallest absolute Gasteiger partial charge is 0.328 e. The van der Waals surface area contributed by atoms with Gasteiger partial charge in [0.2, 0.25) is 0 Å². The number of fused-ring (bicyclic) bond motifs is 2. The van der Waals surface area contributed by atoms with E-state index in [-0.39, 0.29) is 0 Å². The molecule has 1 aromatic heterocycles. The van der Waals surface area contributed by atoms with Gasteiger partial charge in [-0.3, -0.25) is 4.90 Å². The topological polar surface area (TPSA) is 130 Å². The summed E-state index contributed by atoms with van der Waals surface area (Å²) in [5.74, 6) is -0.732. The number of likely N-dealkylation sites (N-methyl/N-ethyl adjacent to an activating group) is 1. The molecule has 1 aliphatic heterocycles. The minimum Gasteiger partial charge on any atom is -0.478 e. The Balaban J connectivity index is 0.000000224. The van der Waals surface area contributed by atoms with E-state index in [4.69, 9.17) is 20.4 Å². The fourth-order valence-electron chi connectivity index (χ4n) is 3.44. The Hall–Kier alpha value is -2.35. The van der Waals surface area contributed by atoms with E-state index in [1.54, 1.807) is 0 Å². The third-order valence-corrected chi connectivity index (χ3v) is 4.45. The van der Waals surface area contributed by atoms with Crippen molar-refractivity contribution < 1.29 is 24.2 Å². The standard InChI is InChI=1S/C12H19N3O.C4H4O4/c1-2-15-5-3-4-8-6-9-11(7-10(8)15)16-12(13)14-9;5-3(6)1-2-4(7)8/h8,10H,2-7H2,1H3,(H2,13,14);1-2H,(H,5,6)(H,7,8)/b;2-1-/t8-,10-;/m0./s1. The van der Waals surface area contributed by atoms with Gasteiger partial charge in [-0.05, 0) is 38.3 Å². The molecule has 4 N–H and O–H groups in total. The number of hydrogen-bond donors (Lipinski definition) is 3. The largest absolute Gasteiger partial charge is 0.478 e. The Morgan fingerprint density at radius 3 is 2.58 bits per heavy atom. The van der Waals surface area contributed by atoms with Gasteiger partial charge in [-0.25, -0.2) is 9.59 Å². The van der Waals surface area contributed by atoms with Crippen molar-refractivity contribution in [2.75, 3.05) is 18.8 Å². The lowest BCUT2D eigenvalue weighted by Gasteiger charge is -2.42. The number of likely N-dealkylation sites (tertiary alicyclic amines) is 1. The Labute approximate surface area is 140 Å². The number of nitrogen functional groups attached to an aromatic ring is 1. The van der Waals surface area contributed by atoms with Crippen LogP contribution in [0.3, 0.4) is 0 Å². The summed E-state index contributed by atoms with van der Waals surface area (Å²) < 4.78 is 5.49. The molecule has 8 heteroatoms. The van der Waals surface area contributed by atoms with Crippen LogP contribution in [-0.4, -0.2) is 51.2 Å². The fourth-order valence-corrected chi connectivity index (χ4v) is 3.44. The van der Waals surface area contributed by atoms with Crippen molar-refractivity contribution in [2.24, 2.45) is 5.92 Å². The number of rotatable bonds is 3. The molecule has 2 heterocycles. The normalized spacial score (nSPS) is 23.0. The lowest BCUT2D eigenvalue weighted by molar-refractivity contribution is -0.134. The first-order chi connectivity index (χ1) is 11.4. The molecule has 24 heavy (non-hydrogen) atoms. The lowest BCUT2D eigenvalue weighted by atomic mass is 9.79. The summed E-state index contributed by atoms with van der Waals surface area (Å²) in [6.45, 7) is 4.61. The first-order valence-electron chi connectivity index (χ1n) is 8.02. The van der Waals surface area contributed by atoms with Crippen LogP contribution in [0.2, 0.25) is 0 Å². The number of aliphatic carboxylic acids is 2. The molecule has 1 fully saturated rings. The molecular weight excluding hydrogens is 314 g/mol. The van der Waals surface area contributed by atoms with E-state index in [1.165, 1.54) is 19.4 Å². The van der Waals surface area contributed by atoms with Crippen molar-refractivity contribution in [3.05, 3.63) is 23.6 Å². The second kappa shape index (κ2) is 7.96. The highest BCUT2D eigenvalue weighted by atomic mass is 16.4. The van der Waals surface area contributed by atoms with Crippen molar-refractivity contribution in [3.63, 3.8) is 0 Å². The SMILES string of the molecule is CCN1CCC[C@H]2Cc3nc(N)oc3C[C@@H]21.O=C(O)/C=C\C(=O)O. The van der Waals surface area contributed by atoms with Crippen molar-refractivity contribution in [1.29, 1.82) is 0 Å². The molecule has 0 spiro atoms. The zero-order chi connectivity index (χ0) is 17.7. The van der Waals surface area contributed by atoms with Crippen LogP contribution in [0.1, 0.15) is 31.2 Å². The monoisotopic (exact) mass is 337 g/mol. The Morgan fingerprint density at radius 2 is 2.00 bits per heavy atom. The molecule has 0 bridgehead atoms. The maximum Gasteiger partial charge on any atom is 0.328 e. The van der Waals surface area contributed by atoms with Gasteiger partial charge in [-0.15, -0.1) is 0 Å². The van der Waals surface area contributed by atoms with Crippen LogP contribution >= 0.6 is 0 Å². The number of nitrogens with two attached hydrogens (primary N) is 1. The van der Waals surface area contributed by atoms with Gasteiger partial charge < -0.3 is 20.4 Å². The third-order valence-electron chi connectivity index (χ3n) is 4.45. The Kier molecular flexibility index (Phi) is 5.97. The van der Waals surface area contributed by atoms with Gasteiger partial charge in [-0.2, -0.15) is 4.98 Å². The molecule has 3 rings (SSSR count). The van der Waals surface area contributed by atoms with Crippen LogP contribution in [0.15, 0.2) is 16.6 Å². The first-order valence-corrected chi connectivity index (χ1v) is 8.02. The summed E-state index contributed by atoms with van der Waals surface area (Å²) >= 11 is 0. The summed E-state index contributed by atoms with van der Waals surface area (Å²) in [6.07, 6.45) is 5.81. The molecule has 0 saturated carbocycles. The average Bonchev–Trinajstić information content (AvgIpc) is 2.89. The Bertz CT molecular complexity index is 609. The van der Waals surface area contributed by atoms with Crippen LogP contribution in [0.5, 0.6) is 0 Å². The number of carbonyl (C=O) groups is 2. The van der Waals surface area contributed by atoms with Gasteiger partial charge in [0.15, 0.2) is 0 Å². The van der Waals surface area contributed by atoms with Gasteiger partial charge in [0.1, 0.15) is 5.76 Å². The van der Waals surface area contributed by atoms with E-state index in [1.807, 2.05) is 0 Å². The number of anilines is 1. The van der Waals surface area contributed by atoms with Gasteiger partial charge >= 0.3 is 11.9 Å². The highest BCUT2D eigenvalue weighted by Crippen LogP contribution is 2.35. The van der Waals surface area contributed by atoms with Crippen LogP contribution in [0.25, 0.3) is 0 Å². The van der Waals surface area contributed by atoms with Crippen molar-refractivity contribution in [1.82, 2.24) is 9.88 Å². The van der Waals surface area contributed by atoms with Crippen molar-refractivity contribution >= 4 is 18.0 Å². The van der Waals surface area contributed by atoms with Crippen LogP contribution < -0.4 is 5.73 Å². The van der Waals surface area contributed by atoms with E-state index < -0.39 is 11.9 Å². The van der Waals surface area contributed by atoms with Gasteiger partial charge in [0, 0.05) is 24.6 Å². The number of piperidine rings is 1. The number of aromatic nitrogens is 1. The van der Waals surface area contributed by atoms with E-state index in [9.17, 15) is 9.59 Å². The van der Waals surface area contributed by atoms with Gasteiger partial charge in [-0.1, -0.05) is 6.92 Å². The van der Waals surface area contributed by atoms with E-state index in [0.29, 0.717) is 24.2 Å². The van der Waals surface area contributed by atoms with Crippen molar-refractivity contribution in [3.8, 4) is 0 Å². The molecule has 0 amide bonds. The maximum atomic E-state index is 9.55. The second-order valence-electron chi connectivity index (χ2n) is 5.94. The molecule has 2 atom stereocenters. The van der Waals surface area contributed by atoms with Crippen LogP contribution in [-0.2, 0) is 22.4 Å². The highest BCUT2D eigenvalue weighted by molar-refractivity contribution is 5.89. The predicted molar refractivity (Wildman–Crippen MR) is 86.5 cm³/mol. The molecule has 1 saturated heterocycles. The number of carboxylic acids is 2. The summed E-state index contributed by atoms with van der Waals surface area (Å²) in [7, 11) is 0. The fraction of sp³-hybridized carbons (Fsp3) is 0.562. The molecule has 0 radical (unpaired) electrons.